The van der Waals surface area contributed by atoms with E-state index in [0.717, 1.165) is 28.5 Å². The molecule has 0 aliphatic rings. The minimum absolute atomic E-state index is 0.0287. The summed E-state index contributed by atoms with van der Waals surface area (Å²) in [5, 5.41) is 38.6. The molecule has 4 aromatic carbocycles. The first-order valence-corrected chi connectivity index (χ1v) is 17.9. The van der Waals surface area contributed by atoms with E-state index in [0.29, 0.717) is 68.4 Å². The number of nitriles is 1. The van der Waals surface area contributed by atoms with Gasteiger partial charge in [-0.25, -0.2) is 0 Å². The number of hydrogen-bond acceptors (Lipinski definition) is 10. The highest BCUT2D eigenvalue weighted by Crippen LogP contribution is 2.34. The van der Waals surface area contributed by atoms with Crippen molar-refractivity contribution in [3.05, 3.63) is 141 Å². The van der Waals surface area contributed by atoms with Gasteiger partial charge < -0.3 is 28.7 Å². The first-order chi connectivity index (χ1) is 25.9. The Balaban J connectivity index is 0.000000208. The fraction of sp³-hybridized carbons (Fsp3) is 0.238. The molecule has 12 heteroatoms. The number of rotatable bonds is 13. The second kappa shape index (κ2) is 18.5. The number of carbonyl (C=O) groups excluding carboxylic acids is 1. The average Bonchev–Trinajstić information content (AvgIpc) is 3.86. The molecule has 54 heavy (non-hydrogen) atoms. The van der Waals surface area contributed by atoms with Gasteiger partial charge in [-0.15, -0.1) is 0 Å². The lowest BCUT2D eigenvalue weighted by Gasteiger charge is -2.11. The van der Waals surface area contributed by atoms with Gasteiger partial charge in [-0.05, 0) is 87.4 Å². The molecule has 0 radical (unpaired) electrons. The molecule has 0 fully saturated rings. The van der Waals surface area contributed by atoms with Gasteiger partial charge in [0.15, 0.2) is 11.5 Å². The highest BCUT2D eigenvalue weighted by Gasteiger charge is 2.18. The molecular weight excluding hydrogens is 729 g/mol. The quantitative estimate of drug-likeness (QED) is 0.109. The molecule has 0 aliphatic carbocycles. The average molecular weight is 769 g/mol. The molecule has 2 heterocycles. The number of benzene rings is 4. The van der Waals surface area contributed by atoms with E-state index in [1.54, 1.807) is 72.8 Å². The molecule has 0 bridgehead atoms. The fourth-order valence-corrected chi connectivity index (χ4v) is 5.72. The second-order valence-corrected chi connectivity index (χ2v) is 13.8. The van der Waals surface area contributed by atoms with E-state index in [4.69, 9.17) is 47.0 Å². The van der Waals surface area contributed by atoms with E-state index in [1.165, 1.54) is 0 Å². The minimum Gasteiger partial charge on any atom is -0.489 e. The van der Waals surface area contributed by atoms with Crippen LogP contribution in [0.2, 0.25) is 10.0 Å². The maximum Gasteiger partial charge on any atom is 0.167 e. The van der Waals surface area contributed by atoms with E-state index >= 15 is 0 Å². The van der Waals surface area contributed by atoms with Crippen molar-refractivity contribution in [1.29, 1.82) is 5.26 Å². The number of aliphatic hydroxyl groups is 2. The molecule has 278 valence electrons. The summed E-state index contributed by atoms with van der Waals surface area (Å²) in [6.45, 7) is 7.73. The maximum atomic E-state index is 10.7. The number of hydrogen-bond donors (Lipinski definition) is 2. The molecule has 0 saturated heterocycles. The monoisotopic (exact) mass is 767 g/mol. The zero-order valence-electron chi connectivity index (χ0n) is 30.1. The number of aldehydes is 1. The largest absolute Gasteiger partial charge is 0.489 e. The van der Waals surface area contributed by atoms with Crippen LogP contribution in [-0.2, 0) is 12.8 Å². The van der Waals surface area contributed by atoms with Crippen LogP contribution in [0.15, 0.2) is 106 Å². The number of halogens is 2. The number of aliphatic hydroxyl groups excluding tert-OH is 2. The topological polar surface area (TPSA) is 152 Å². The van der Waals surface area contributed by atoms with Crippen molar-refractivity contribution in [2.24, 2.45) is 0 Å². The van der Waals surface area contributed by atoms with E-state index in [9.17, 15) is 15.0 Å². The van der Waals surface area contributed by atoms with Gasteiger partial charge in [0, 0.05) is 41.7 Å². The van der Waals surface area contributed by atoms with Crippen molar-refractivity contribution in [2.75, 3.05) is 0 Å². The molecule has 2 atom stereocenters. The van der Waals surface area contributed by atoms with Crippen molar-refractivity contribution >= 4 is 29.5 Å². The summed E-state index contributed by atoms with van der Waals surface area (Å²) in [7, 11) is 0. The second-order valence-electron chi connectivity index (χ2n) is 13.0. The molecule has 2 aromatic heterocycles. The summed E-state index contributed by atoms with van der Waals surface area (Å²) in [5.74, 6) is 2.24. The summed E-state index contributed by atoms with van der Waals surface area (Å²) in [4.78, 5) is 10.7. The lowest BCUT2D eigenvalue weighted by atomic mass is 10.0. The van der Waals surface area contributed by atoms with Crippen LogP contribution in [0.25, 0.3) is 22.6 Å². The van der Waals surface area contributed by atoms with E-state index in [2.05, 4.69) is 16.4 Å². The van der Waals surface area contributed by atoms with E-state index in [-0.39, 0.29) is 12.2 Å². The molecule has 0 spiro atoms. The Kier molecular flexibility index (Phi) is 13.7. The summed E-state index contributed by atoms with van der Waals surface area (Å²) in [6, 6.07) is 30.3. The van der Waals surface area contributed by atoms with E-state index in [1.807, 2.05) is 52.0 Å². The number of ether oxygens (including phenoxy) is 2. The molecule has 0 saturated carbocycles. The zero-order chi connectivity index (χ0) is 38.8. The van der Waals surface area contributed by atoms with E-state index < -0.39 is 12.2 Å². The van der Waals surface area contributed by atoms with Crippen LogP contribution in [0.3, 0.4) is 0 Å². The van der Waals surface area contributed by atoms with Crippen LogP contribution >= 0.6 is 23.2 Å². The maximum absolute atomic E-state index is 10.7. The van der Waals surface area contributed by atoms with Gasteiger partial charge in [0.05, 0.1) is 33.9 Å². The van der Waals surface area contributed by atoms with Crippen LogP contribution in [0.5, 0.6) is 11.5 Å². The molecule has 2 unspecified atom stereocenters. The highest BCUT2D eigenvalue weighted by molar-refractivity contribution is 6.32. The van der Waals surface area contributed by atoms with Crippen LogP contribution in [0.1, 0.15) is 78.3 Å². The summed E-state index contributed by atoms with van der Waals surface area (Å²) < 4.78 is 22.0. The van der Waals surface area contributed by atoms with Crippen LogP contribution in [-0.4, -0.2) is 39.0 Å². The smallest absolute Gasteiger partial charge is 0.167 e. The fourth-order valence-electron chi connectivity index (χ4n) is 5.27. The van der Waals surface area contributed by atoms with Crippen LogP contribution in [0.4, 0.5) is 0 Å². The van der Waals surface area contributed by atoms with Gasteiger partial charge >= 0.3 is 0 Å². The van der Waals surface area contributed by atoms with Crippen molar-refractivity contribution in [3.8, 4) is 40.2 Å². The molecule has 0 aliphatic heterocycles. The van der Waals surface area contributed by atoms with Gasteiger partial charge in [0.1, 0.15) is 41.4 Å². The predicted octanol–water partition coefficient (Wildman–Crippen LogP) is 9.80. The number of carbonyl (C=O) groups is 1. The standard InChI is InChI=1S/C21H19ClN2O3.C21H20ClNO4/c1-13(2)26-20-8-7-16(10-17(20)22)21-11-18(24-27-21)19(25)9-14-3-5-15(12-23)6-4-14;1-13(2)26-20-8-7-16(10-17(20)22)21-11-18(23-27-21)19(25)9-14-3-5-15(12-24)6-4-14/h3-8,10-11,13,19,25H,9H2,1-2H3;3-8,10-13,19,25H,9H2,1-2H3. The zero-order valence-corrected chi connectivity index (χ0v) is 31.6. The van der Waals surface area contributed by atoms with Crippen molar-refractivity contribution < 1.29 is 33.5 Å². The molecular formula is C42H39Cl2N3O7. The third-order valence-electron chi connectivity index (χ3n) is 7.95. The molecule has 0 amide bonds. The van der Waals surface area contributed by atoms with Crippen molar-refractivity contribution in [3.63, 3.8) is 0 Å². The molecule has 6 aromatic rings. The van der Waals surface area contributed by atoms with Gasteiger partial charge in [-0.1, -0.05) is 69.9 Å². The van der Waals surface area contributed by atoms with Crippen molar-refractivity contribution in [1.82, 2.24) is 10.3 Å². The molecule has 2 N–H and O–H groups in total. The Morgan fingerprint density at radius 2 is 1.11 bits per heavy atom. The van der Waals surface area contributed by atoms with Crippen LogP contribution < -0.4 is 9.47 Å². The molecule has 10 nitrogen and oxygen atoms in total. The highest BCUT2D eigenvalue weighted by atomic mass is 35.5. The first kappa shape index (κ1) is 39.8. The first-order valence-electron chi connectivity index (χ1n) is 17.2. The lowest BCUT2D eigenvalue weighted by Crippen LogP contribution is -2.05. The predicted molar refractivity (Wildman–Crippen MR) is 206 cm³/mol. The van der Waals surface area contributed by atoms with Gasteiger partial charge in [-0.2, -0.15) is 5.26 Å². The number of aromatic nitrogens is 2. The summed E-state index contributed by atoms with van der Waals surface area (Å²) in [5.41, 5.74) is 5.35. The summed E-state index contributed by atoms with van der Waals surface area (Å²) >= 11 is 12.5. The molecule has 6 rings (SSSR count). The third-order valence-corrected chi connectivity index (χ3v) is 8.55. The van der Waals surface area contributed by atoms with Crippen molar-refractivity contribution in [2.45, 2.75) is 65.0 Å². The van der Waals surface area contributed by atoms with Gasteiger partial charge in [-0.3, -0.25) is 4.79 Å². The Hall–Kier alpha value is -5.44. The third kappa shape index (κ3) is 10.8. The number of nitrogens with zero attached hydrogens (tertiary/aromatic N) is 3. The minimum atomic E-state index is -0.816. The summed E-state index contributed by atoms with van der Waals surface area (Å²) in [6.07, 6.45) is -0.0408. The Morgan fingerprint density at radius 1 is 0.685 bits per heavy atom. The van der Waals surface area contributed by atoms with Gasteiger partial charge in [0.25, 0.3) is 0 Å². The Labute approximate surface area is 323 Å². The normalized spacial score (nSPS) is 12.1. The van der Waals surface area contributed by atoms with Crippen LogP contribution in [0, 0.1) is 11.3 Å². The lowest BCUT2D eigenvalue weighted by molar-refractivity contribution is 0.112. The Morgan fingerprint density at radius 3 is 1.48 bits per heavy atom. The SMILES string of the molecule is CC(C)Oc1ccc(-c2cc(C(O)Cc3ccc(C#N)cc3)no2)cc1Cl.CC(C)Oc1ccc(-c2cc(C(O)Cc3ccc(C=O)cc3)no2)cc1Cl. The Bertz CT molecular complexity index is 2190. The van der Waals surface area contributed by atoms with Gasteiger partial charge in [0.2, 0.25) is 0 Å².